The van der Waals surface area contributed by atoms with Gasteiger partial charge in [-0.1, -0.05) is 0 Å². The standard InChI is InChI=1S/C10H8F3NO3S/c1-17-8(15)6-2-4-7(5-3-6)18-14-9(16)10(11,12)13/h2-5H,1H3,(H,14,16). The van der Waals surface area contributed by atoms with Crippen molar-refractivity contribution in [3.8, 4) is 0 Å². The van der Waals surface area contributed by atoms with Crippen molar-refractivity contribution in [1.82, 2.24) is 4.72 Å². The molecule has 18 heavy (non-hydrogen) atoms. The second-order valence-corrected chi connectivity index (χ2v) is 3.93. The van der Waals surface area contributed by atoms with E-state index in [2.05, 4.69) is 4.74 Å². The van der Waals surface area contributed by atoms with Crippen molar-refractivity contribution in [3.63, 3.8) is 0 Å². The first-order valence-corrected chi connectivity index (χ1v) is 5.38. The van der Waals surface area contributed by atoms with Crippen LogP contribution in [0.5, 0.6) is 0 Å². The molecule has 1 rings (SSSR count). The lowest BCUT2D eigenvalue weighted by Gasteiger charge is -2.07. The van der Waals surface area contributed by atoms with Crippen molar-refractivity contribution in [1.29, 1.82) is 0 Å². The molecule has 1 aromatic rings. The molecule has 0 fully saturated rings. The van der Waals surface area contributed by atoms with Gasteiger partial charge in [0.15, 0.2) is 0 Å². The summed E-state index contributed by atoms with van der Waals surface area (Å²) < 4.78 is 41.7. The van der Waals surface area contributed by atoms with E-state index in [1.807, 2.05) is 0 Å². The number of carbonyl (C=O) groups is 2. The minimum Gasteiger partial charge on any atom is -0.465 e. The Balaban J connectivity index is 2.60. The van der Waals surface area contributed by atoms with Crippen LogP contribution in [0.25, 0.3) is 0 Å². The highest BCUT2D eigenvalue weighted by molar-refractivity contribution is 7.98. The number of nitrogens with one attached hydrogen (secondary N) is 1. The second kappa shape index (κ2) is 5.76. The fourth-order valence-corrected chi connectivity index (χ4v) is 1.54. The lowest BCUT2D eigenvalue weighted by molar-refractivity contribution is -0.171. The first-order valence-electron chi connectivity index (χ1n) is 4.57. The summed E-state index contributed by atoms with van der Waals surface area (Å²) in [4.78, 5) is 22.0. The van der Waals surface area contributed by atoms with Crippen LogP contribution in [0.15, 0.2) is 29.2 Å². The highest BCUT2D eigenvalue weighted by atomic mass is 32.2. The fourth-order valence-electron chi connectivity index (χ4n) is 0.940. The van der Waals surface area contributed by atoms with Crippen LogP contribution < -0.4 is 4.72 Å². The summed E-state index contributed by atoms with van der Waals surface area (Å²) in [6.07, 6.45) is -4.92. The number of halogens is 3. The van der Waals surface area contributed by atoms with Crippen molar-refractivity contribution >= 4 is 23.8 Å². The van der Waals surface area contributed by atoms with E-state index in [9.17, 15) is 22.8 Å². The van der Waals surface area contributed by atoms with Crippen LogP contribution in [0, 0.1) is 0 Å². The van der Waals surface area contributed by atoms with Crippen molar-refractivity contribution < 1.29 is 27.5 Å². The zero-order valence-electron chi connectivity index (χ0n) is 9.08. The van der Waals surface area contributed by atoms with Gasteiger partial charge in [-0.2, -0.15) is 13.2 Å². The number of alkyl halides is 3. The molecule has 0 aliphatic carbocycles. The average molecular weight is 279 g/mol. The zero-order valence-corrected chi connectivity index (χ0v) is 9.89. The summed E-state index contributed by atoms with van der Waals surface area (Å²) in [5.41, 5.74) is 0.268. The maximum atomic E-state index is 11.9. The Morgan fingerprint density at radius 2 is 1.78 bits per heavy atom. The van der Waals surface area contributed by atoms with Gasteiger partial charge in [-0.3, -0.25) is 9.52 Å². The van der Waals surface area contributed by atoms with Crippen LogP contribution >= 0.6 is 11.9 Å². The molecule has 0 saturated heterocycles. The number of amides is 1. The molecule has 1 aromatic carbocycles. The second-order valence-electron chi connectivity index (χ2n) is 3.05. The molecule has 8 heteroatoms. The molecule has 0 spiro atoms. The van der Waals surface area contributed by atoms with Gasteiger partial charge >= 0.3 is 18.1 Å². The van der Waals surface area contributed by atoms with E-state index < -0.39 is 18.1 Å². The van der Waals surface area contributed by atoms with Crippen LogP contribution in [0.4, 0.5) is 13.2 Å². The van der Waals surface area contributed by atoms with Gasteiger partial charge in [-0.15, -0.1) is 0 Å². The van der Waals surface area contributed by atoms with Crippen LogP contribution in [-0.4, -0.2) is 25.2 Å². The maximum Gasteiger partial charge on any atom is 0.472 e. The highest BCUT2D eigenvalue weighted by Gasteiger charge is 2.38. The van der Waals surface area contributed by atoms with Crippen molar-refractivity contribution in [3.05, 3.63) is 29.8 Å². The number of hydrogen-bond donors (Lipinski definition) is 1. The van der Waals surface area contributed by atoms with Crippen molar-refractivity contribution in [2.45, 2.75) is 11.1 Å². The van der Waals surface area contributed by atoms with Gasteiger partial charge in [0.05, 0.1) is 12.7 Å². The van der Waals surface area contributed by atoms with Crippen LogP contribution in [0.1, 0.15) is 10.4 Å². The minimum atomic E-state index is -4.92. The first kappa shape index (κ1) is 14.4. The quantitative estimate of drug-likeness (QED) is 0.680. The third-order valence-corrected chi connectivity index (χ3v) is 2.59. The molecule has 0 aromatic heterocycles. The summed E-state index contributed by atoms with van der Waals surface area (Å²) in [6, 6.07) is 5.56. The summed E-state index contributed by atoms with van der Waals surface area (Å²) in [5.74, 6) is -2.59. The predicted octanol–water partition coefficient (Wildman–Crippen LogP) is 2.16. The van der Waals surface area contributed by atoms with Gasteiger partial charge in [0.25, 0.3) is 0 Å². The van der Waals surface area contributed by atoms with Crippen molar-refractivity contribution in [2.24, 2.45) is 0 Å². The first-order chi connectivity index (χ1) is 8.34. The van der Waals surface area contributed by atoms with Crippen LogP contribution in [-0.2, 0) is 9.53 Å². The average Bonchev–Trinajstić information content (AvgIpc) is 2.34. The third-order valence-electron chi connectivity index (χ3n) is 1.79. The smallest absolute Gasteiger partial charge is 0.465 e. The van der Waals surface area contributed by atoms with Crippen LogP contribution in [0.3, 0.4) is 0 Å². The molecule has 98 valence electrons. The zero-order chi connectivity index (χ0) is 13.8. The van der Waals surface area contributed by atoms with E-state index in [0.29, 0.717) is 16.8 Å². The van der Waals surface area contributed by atoms with Gasteiger partial charge in [-0.05, 0) is 36.2 Å². The van der Waals surface area contributed by atoms with Crippen LogP contribution in [0.2, 0.25) is 0 Å². The summed E-state index contributed by atoms with van der Waals surface area (Å²) in [7, 11) is 1.22. The molecule has 0 unspecified atom stereocenters. The van der Waals surface area contributed by atoms with E-state index in [0.717, 1.165) is 0 Å². The SMILES string of the molecule is COC(=O)c1ccc(SNC(=O)C(F)(F)F)cc1. The summed E-state index contributed by atoms with van der Waals surface area (Å²) in [5, 5.41) is 0. The molecular formula is C10H8F3NO3S. The minimum absolute atomic E-state index is 0.268. The Kier molecular flexibility index (Phi) is 4.60. The lowest BCUT2D eigenvalue weighted by Crippen LogP contribution is -2.32. The largest absolute Gasteiger partial charge is 0.472 e. The highest BCUT2D eigenvalue weighted by Crippen LogP contribution is 2.20. The van der Waals surface area contributed by atoms with E-state index in [1.165, 1.54) is 31.4 Å². The Labute approximate surface area is 105 Å². The number of benzene rings is 1. The molecular weight excluding hydrogens is 271 g/mol. The van der Waals surface area contributed by atoms with Gasteiger partial charge in [0, 0.05) is 4.90 Å². The molecule has 1 N–H and O–H groups in total. The molecule has 1 amide bonds. The Morgan fingerprint density at radius 1 is 1.22 bits per heavy atom. The molecule has 0 atom stereocenters. The number of hydrogen-bond acceptors (Lipinski definition) is 4. The Bertz CT molecular complexity index is 445. The van der Waals surface area contributed by atoms with E-state index in [1.54, 1.807) is 4.72 Å². The number of carbonyl (C=O) groups excluding carboxylic acids is 2. The van der Waals surface area contributed by atoms with E-state index >= 15 is 0 Å². The number of esters is 1. The lowest BCUT2D eigenvalue weighted by atomic mass is 10.2. The third kappa shape index (κ3) is 3.95. The molecule has 0 aliphatic heterocycles. The van der Waals surface area contributed by atoms with Crippen molar-refractivity contribution in [2.75, 3.05) is 7.11 Å². The summed E-state index contributed by atoms with van der Waals surface area (Å²) >= 11 is 0.512. The Hall–Kier alpha value is -1.70. The Morgan fingerprint density at radius 3 is 2.22 bits per heavy atom. The number of rotatable bonds is 3. The monoisotopic (exact) mass is 279 g/mol. The molecule has 0 radical (unpaired) electrons. The molecule has 4 nitrogen and oxygen atoms in total. The maximum absolute atomic E-state index is 11.9. The van der Waals surface area contributed by atoms with Gasteiger partial charge < -0.3 is 4.74 Å². The van der Waals surface area contributed by atoms with Gasteiger partial charge in [0.1, 0.15) is 0 Å². The molecule has 0 aliphatic rings. The predicted molar refractivity (Wildman–Crippen MR) is 57.8 cm³/mol. The molecule has 0 heterocycles. The molecule has 0 bridgehead atoms. The van der Waals surface area contributed by atoms with Gasteiger partial charge in [-0.25, -0.2) is 4.79 Å². The van der Waals surface area contributed by atoms with E-state index in [4.69, 9.17) is 0 Å². The summed E-state index contributed by atoms with van der Waals surface area (Å²) in [6.45, 7) is 0. The topological polar surface area (TPSA) is 55.4 Å². The van der Waals surface area contributed by atoms with Gasteiger partial charge in [0.2, 0.25) is 0 Å². The molecule has 0 saturated carbocycles. The van der Waals surface area contributed by atoms with E-state index in [-0.39, 0.29) is 5.56 Å². The normalized spacial score (nSPS) is 10.9. The number of ether oxygens (including phenoxy) is 1. The fraction of sp³-hybridized carbons (Fsp3) is 0.200. The number of methoxy groups -OCH3 is 1.